The molecule has 0 saturated carbocycles. The van der Waals surface area contributed by atoms with Crippen molar-refractivity contribution in [2.75, 3.05) is 27.9 Å². The van der Waals surface area contributed by atoms with E-state index in [1.807, 2.05) is 18.2 Å². The molecule has 2 aromatic rings. The van der Waals surface area contributed by atoms with Crippen LogP contribution in [-0.2, 0) is 13.0 Å². The summed E-state index contributed by atoms with van der Waals surface area (Å²) in [4.78, 5) is 1.40. The predicted molar refractivity (Wildman–Crippen MR) is 95.3 cm³/mol. The van der Waals surface area contributed by atoms with Gasteiger partial charge in [0.25, 0.3) is 0 Å². The molecule has 2 N–H and O–H groups in total. The smallest absolute Gasteiger partial charge is 0.161 e. The van der Waals surface area contributed by atoms with E-state index in [1.165, 1.54) is 21.7 Å². The van der Waals surface area contributed by atoms with E-state index in [4.69, 9.17) is 14.2 Å². The van der Waals surface area contributed by atoms with Gasteiger partial charge in [0.05, 0.1) is 27.9 Å². The van der Waals surface area contributed by atoms with Crippen LogP contribution in [0.25, 0.3) is 11.8 Å². The Morgan fingerprint density at radius 2 is 1.56 bits per heavy atom. The van der Waals surface area contributed by atoms with Crippen molar-refractivity contribution in [3.8, 4) is 23.0 Å². The number of quaternary nitrogens is 1. The lowest BCUT2D eigenvalue weighted by molar-refractivity contribution is -0.841. The zero-order valence-corrected chi connectivity index (χ0v) is 14.7. The minimum Gasteiger partial charge on any atom is -0.504 e. The van der Waals surface area contributed by atoms with Gasteiger partial charge in [-0.2, -0.15) is 0 Å². The van der Waals surface area contributed by atoms with Crippen molar-refractivity contribution >= 4 is 11.8 Å². The number of aromatic hydroxyl groups is 1. The number of phenols is 1. The summed E-state index contributed by atoms with van der Waals surface area (Å²) < 4.78 is 16.1. The lowest BCUT2D eigenvalue weighted by Gasteiger charge is -2.32. The van der Waals surface area contributed by atoms with Crippen LogP contribution in [0.4, 0.5) is 0 Å². The highest BCUT2D eigenvalue weighted by molar-refractivity contribution is 5.82. The second-order valence-electron chi connectivity index (χ2n) is 6.43. The van der Waals surface area contributed by atoms with Gasteiger partial charge in [-0.05, 0) is 35.4 Å². The van der Waals surface area contributed by atoms with Crippen molar-refractivity contribution in [3.63, 3.8) is 0 Å². The Morgan fingerprint density at radius 3 is 2.28 bits per heavy atom. The summed E-state index contributed by atoms with van der Waals surface area (Å²) in [5, 5.41) is 10.2. The van der Waals surface area contributed by atoms with Gasteiger partial charge in [0.1, 0.15) is 12.2 Å². The fraction of sp³-hybridized carbons (Fsp3) is 0.300. The summed E-state index contributed by atoms with van der Waals surface area (Å²) in [7, 11) is 4.89. The summed E-state index contributed by atoms with van der Waals surface area (Å²) in [5.41, 5.74) is 5.91. The van der Waals surface area contributed by atoms with Gasteiger partial charge in [0.2, 0.25) is 0 Å². The molecule has 0 saturated heterocycles. The second kappa shape index (κ2) is 6.01. The molecule has 0 amide bonds. The van der Waals surface area contributed by atoms with Crippen LogP contribution < -0.4 is 19.1 Å². The predicted octanol–water partition coefficient (Wildman–Crippen LogP) is 1.87. The summed E-state index contributed by atoms with van der Waals surface area (Å²) in [5.74, 6) is 2.21. The first-order valence-corrected chi connectivity index (χ1v) is 8.36. The maximum Gasteiger partial charge on any atom is 0.161 e. The molecule has 1 unspecified atom stereocenters. The van der Waals surface area contributed by atoms with E-state index in [1.54, 1.807) is 21.3 Å². The number of benzene rings is 2. The SMILES string of the molecule is COc1cc2c(cc1O)C1=Cc3cc(OC)c(OC)cc3C[NH+]1CC2. The molecule has 5 heteroatoms. The highest BCUT2D eigenvalue weighted by atomic mass is 16.5. The Kier molecular flexibility index (Phi) is 3.81. The summed E-state index contributed by atoms with van der Waals surface area (Å²) in [6.45, 7) is 1.91. The van der Waals surface area contributed by atoms with E-state index in [2.05, 4.69) is 12.1 Å². The average molecular weight is 340 g/mol. The zero-order chi connectivity index (χ0) is 17.6. The van der Waals surface area contributed by atoms with E-state index in [0.29, 0.717) is 5.75 Å². The Labute approximate surface area is 147 Å². The third-order valence-corrected chi connectivity index (χ3v) is 5.12. The van der Waals surface area contributed by atoms with Crippen molar-refractivity contribution in [3.05, 3.63) is 46.5 Å². The van der Waals surface area contributed by atoms with Gasteiger partial charge in [-0.1, -0.05) is 0 Å². The standard InChI is InChI=1S/C20H21NO4/c1-23-18-7-12-4-5-21-11-14-9-20(25-3)19(24-2)8-13(14)6-16(21)15(12)10-17(18)22/h6-10,22H,4-5,11H2,1-3H3/p+1. The number of nitrogens with one attached hydrogen (secondary N) is 1. The summed E-state index contributed by atoms with van der Waals surface area (Å²) in [6.07, 6.45) is 3.15. The molecule has 0 bridgehead atoms. The highest BCUT2D eigenvalue weighted by Crippen LogP contribution is 2.37. The van der Waals surface area contributed by atoms with Crippen LogP contribution in [-0.4, -0.2) is 33.0 Å². The largest absolute Gasteiger partial charge is 0.504 e. The summed E-state index contributed by atoms with van der Waals surface area (Å²) >= 11 is 0. The number of hydrogen-bond acceptors (Lipinski definition) is 4. The molecule has 0 aliphatic carbocycles. The molecule has 2 aliphatic heterocycles. The van der Waals surface area contributed by atoms with E-state index in [-0.39, 0.29) is 5.75 Å². The Morgan fingerprint density at radius 1 is 0.880 bits per heavy atom. The van der Waals surface area contributed by atoms with Crippen molar-refractivity contribution in [1.29, 1.82) is 0 Å². The minimum atomic E-state index is 0.182. The summed E-state index contributed by atoms with van der Waals surface area (Å²) in [6, 6.07) is 7.86. The molecule has 25 heavy (non-hydrogen) atoms. The Bertz CT molecular complexity index is 872. The molecule has 5 nitrogen and oxygen atoms in total. The van der Waals surface area contributed by atoms with Gasteiger partial charge in [-0.3, -0.25) is 4.90 Å². The molecule has 0 aromatic heterocycles. The van der Waals surface area contributed by atoms with Gasteiger partial charge < -0.3 is 19.3 Å². The second-order valence-corrected chi connectivity index (χ2v) is 6.43. The molecule has 0 fully saturated rings. The number of methoxy groups -OCH3 is 3. The van der Waals surface area contributed by atoms with Crippen molar-refractivity contribution in [2.45, 2.75) is 13.0 Å². The topological polar surface area (TPSA) is 52.4 Å². The van der Waals surface area contributed by atoms with Gasteiger partial charge in [-0.15, -0.1) is 0 Å². The van der Waals surface area contributed by atoms with Crippen molar-refractivity contribution in [2.24, 2.45) is 0 Å². The average Bonchev–Trinajstić information content (AvgIpc) is 2.64. The van der Waals surface area contributed by atoms with E-state index >= 15 is 0 Å². The van der Waals surface area contributed by atoms with Gasteiger partial charge in [0.15, 0.2) is 23.0 Å². The third kappa shape index (κ3) is 2.51. The van der Waals surface area contributed by atoms with Crippen LogP contribution in [0.5, 0.6) is 23.0 Å². The van der Waals surface area contributed by atoms with Crippen LogP contribution in [0.1, 0.15) is 22.3 Å². The number of rotatable bonds is 3. The Hall–Kier alpha value is -2.66. The van der Waals surface area contributed by atoms with Gasteiger partial charge in [-0.25, -0.2) is 0 Å². The molecule has 2 aliphatic rings. The molecular weight excluding hydrogens is 318 g/mol. The third-order valence-electron chi connectivity index (χ3n) is 5.12. The van der Waals surface area contributed by atoms with E-state index in [9.17, 15) is 5.11 Å². The molecule has 2 aromatic carbocycles. The molecule has 0 radical (unpaired) electrons. The van der Waals surface area contributed by atoms with Crippen molar-refractivity contribution in [1.82, 2.24) is 0 Å². The van der Waals surface area contributed by atoms with E-state index < -0.39 is 0 Å². The normalized spacial score (nSPS) is 17.7. The first-order valence-electron chi connectivity index (χ1n) is 8.36. The number of phenolic OH excluding ortho intramolecular Hbond substituents is 1. The van der Waals surface area contributed by atoms with Crippen LogP contribution in [0, 0.1) is 0 Å². The molecular formula is C20H22NO4+. The first-order chi connectivity index (χ1) is 12.1. The van der Waals surface area contributed by atoms with Crippen LogP contribution in [0.15, 0.2) is 24.3 Å². The lowest BCUT2D eigenvalue weighted by Crippen LogP contribution is -3.09. The maximum absolute atomic E-state index is 10.2. The fourth-order valence-electron chi connectivity index (χ4n) is 3.82. The Balaban J connectivity index is 1.85. The molecule has 1 atom stereocenters. The lowest BCUT2D eigenvalue weighted by atomic mass is 9.90. The zero-order valence-electron chi connectivity index (χ0n) is 14.7. The van der Waals surface area contributed by atoms with Crippen LogP contribution in [0.3, 0.4) is 0 Å². The number of ether oxygens (including phenoxy) is 3. The molecule has 4 rings (SSSR count). The number of hydrogen-bond donors (Lipinski definition) is 2. The minimum absolute atomic E-state index is 0.182. The van der Waals surface area contributed by atoms with E-state index in [0.717, 1.165) is 42.1 Å². The molecule has 2 heterocycles. The fourth-order valence-corrected chi connectivity index (χ4v) is 3.82. The monoisotopic (exact) mass is 340 g/mol. The number of fused-ring (bicyclic) bond motifs is 4. The van der Waals surface area contributed by atoms with Gasteiger partial charge >= 0.3 is 0 Å². The first kappa shape index (κ1) is 15.8. The highest BCUT2D eigenvalue weighted by Gasteiger charge is 2.31. The van der Waals surface area contributed by atoms with Gasteiger partial charge in [0, 0.05) is 23.6 Å². The quantitative estimate of drug-likeness (QED) is 0.896. The molecule has 0 spiro atoms. The van der Waals surface area contributed by atoms with Crippen LogP contribution >= 0.6 is 0 Å². The maximum atomic E-state index is 10.2. The van der Waals surface area contributed by atoms with Crippen molar-refractivity contribution < 1.29 is 24.2 Å². The van der Waals surface area contributed by atoms with Crippen LogP contribution in [0.2, 0.25) is 0 Å². The molecule has 130 valence electrons.